The Balaban J connectivity index is 2.43. The van der Waals surface area contributed by atoms with Crippen molar-refractivity contribution in [2.45, 2.75) is 10.8 Å². The Morgan fingerprint density at radius 3 is 2.82 bits per heavy atom. The average Bonchev–Trinajstić information content (AvgIpc) is 2.27. The molecule has 1 aliphatic heterocycles. The van der Waals surface area contributed by atoms with Gasteiger partial charge in [-0.25, -0.2) is 4.79 Å². The molecular formula is C10H7F2NO3S. The molecule has 0 unspecified atom stereocenters. The second-order valence-electron chi connectivity index (χ2n) is 3.43. The Bertz CT molecular complexity index is 504. The standard InChI is InChI=1S/C10H7F2NO3S/c11-10(12,9(15)16)5-1-2-7-6(3-5)13-8(14)4-17-7/h1-3H,4H2,(H,13,14)(H,15,16). The van der Waals surface area contributed by atoms with Gasteiger partial charge in [0.05, 0.1) is 11.4 Å². The third-order valence-corrected chi connectivity index (χ3v) is 3.32. The van der Waals surface area contributed by atoms with Crippen molar-refractivity contribution in [3.63, 3.8) is 0 Å². The lowest BCUT2D eigenvalue weighted by Crippen LogP contribution is -2.26. The van der Waals surface area contributed by atoms with Crippen LogP contribution >= 0.6 is 11.8 Å². The van der Waals surface area contributed by atoms with Crippen molar-refractivity contribution in [2.75, 3.05) is 11.1 Å². The van der Waals surface area contributed by atoms with Crippen LogP contribution < -0.4 is 5.32 Å². The van der Waals surface area contributed by atoms with E-state index in [1.54, 1.807) is 0 Å². The number of hydrogen-bond acceptors (Lipinski definition) is 3. The van der Waals surface area contributed by atoms with Gasteiger partial charge in [-0.3, -0.25) is 4.79 Å². The van der Waals surface area contributed by atoms with E-state index in [1.165, 1.54) is 17.8 Å². The summed E-state index contributed by atoms with van der Waals surface area (Å²) in [5.41, 5.74) is -0.420. The van der Waals surface area contributed by atoms with Gasteiger partial charge in [0.25, 0.3) is 0 Å². The molecule has 1 aromatic rings. The van der Waals surface area contributed by atoms with Crippen molar-refractivity contribution in [3.05, 3.63) is 23.8 Å². The predicted octanol–water partition coefficient (Wildman–Crippen LogP) is 1.91. The molecule has 0 aromatic heterocycles. The summed E-state index contributed by atoms with van der Waals surface area (Å²) in [6.45, 7) is 0. The van der Waals surface area contributed by atoms with Crippen LogP contribution in [0.4, 0.5) is 14.5 Å². The fourth-order valence-electron chi connectivity index (χ4n) is 1.40. The van der Waals surface area contributed by atoms with E-state index in [4.69, 9.17) is 5.11 Å². The number of carboxylic acids is 1. The highest BCUT2D eigenvalue weighted by atomic mass is 32.2. The van der Waals surface area contributed by atoms with E-state index in [0.717, 1.165) is 12.1 Å². The van der Waals surface area contributed by atoms with Gasteiger partial charge in [-0.15, -0.1) is 11.8 Å². The number of carbonyl (C=O) groups excluding carboxylic acids is 1. The summed E-state index contributed by atoms with van der Waals surface area (Å²) in [7, 11) is 0. The molecule has 0 aliphatic carbocycles. The Morgan fingerprint density at radius 2 is 2.18 bits per heavy atom. The maximum atomic E-state index is 13.2. The lowest BCUT2D eigenvalue weighted by Gasteiger charge is -2.19. The Morgan fingerprint density at radius 1 is 1.47 bits per heavy atom. The van der Waals surface area contributed by atoms with Crippen LogP contribution in [0.5, 0.6) is 0 Å². The van der Waals surface area contributed by atoms with E-state index >= 15 is 0 Å². The molecule has 4 nitrogen and oxygen atoms in total. The van der Waals surface area contributed by atoms with Crippen LogP contribution in [0.3, 0.4) is 0 Å². The van der Waals surface area contributed by atoms with Crippen molar-refractivity contribution >= 4 is 29.3 Å². The number of alkyl halides is 2. The highest BCUT2D eigenvalue weighted by Crippen LogP contribution is 2.36. The minimum atomic E-state index is -3.96. The van der Waals surface area contributed by atoms with Gasteiger partial charge in [-0.05, 0) is 12.1 Å². The van der Waals surface area contributed by atoms with E-state index in [2.05, 4.69) is 5.32 Å². The minimum absolute atomic E-state index is 0.224. The number of thioether (sulfide) groups is 1. The minimum Gasteiger partial charge on any atom is -0.477 e. The largest absolute Gasteiger partial charge is 0.477 e. The van der Waals surface area contributed by atoms with Crippen LogP contribution in [0.2, 0.25) is 0 Å². The molecule has 1 amide bonds. The van der Waals surface area contributed by atoms with Gasteiger partial charge in [-0.1, -0.05) is 6.07 Å². The van der Waals surface area contributed by atoms with Crippen LogP contribution in [-0.2, 0) is 15.5 Å². The Labute approximate surface area is 99.0 Å². The maximum absolute atomic E-state index is 13.2. The average molecular weight is 259 g/mol. The maximum Gasteiger partial charge on any atom is 0.379 e. The molecule has 1 aliphatic rings. The zero-order chi connectivity index (χ0) is 12.6. The van der Waals surface area contributed by atoms with Gasteiger partial charge in [0.1, 0.15) is 0 Å². The predicted molar refractivity (Wildman–Crippen MR) is 57.3 cm³/mol. The molecule has 0 fully saturated rings. The van der Waals surface area contributed by atoms with Gasteiger partial charge in [0.2, 0.25) is 5.91 Å². The quantitative estimate of drug-likeness (QED) is 0.851. The van der Waals surface area contributed by atoms with Gasteiger partial charge in [-0.2, -0.15) is 8.78 Å². The van der Waals surface area contributed by atoms with Crippen LogP contribution in [-0.4, -0.2) is 22.7 Å². The van der Waals surface area contributed by atoms with Crippen molar-refractivity contribution in [1.29, 1.82) is 0 Å². The molecular weight excluding hydrogens is 252 g/mol. The summed E-state index contributed by atoms with van der Waals surface area (Å²) < 4.78 is 26.5. The first-order valence-corrected chi connectivity index (χ1v) is 5.58. The summed E-state index contributed by atoms with van der Waals surface area (Å²) >= 11 is 1.22. The highest BCUT2D eigenvalue weighted by Gasteiger charge is 2.41. The first kappa shape index (κ1) is 11.8. The topological polar surface area (TPSA) is 66.4 Å². The zero-order valence-corrected chi connectivity index (χ0v) is 9.18. The second kappa shape index (κ2) is 3.99. The van der Waals surface area contributed by atoms with E-state index in [9.17, 15) is 18.4 Å². The van der Waals surface area contributed by atoms with Crippen LogP contribution in [0.15, 0.2) is 23.1 Å². The van der Waals surface area contributed by atoms with Crippen LogP contribution in [0, 0.1) is 0 Å². The van der Waals surface area contributed by atoms with Gasteiger partial charge in [0.15, 0.2) is 0 Å². The van der Waals surface area contributed by atoms with E-state index in [-0.39, 0.29) is 17.3 Å². The molecule has 0 saturated carbocycles. The molecule has 0 radical (unpaired) electrons. The molecule has 7 heteroatoms. The van der Waals surface area contributed by atoms with Gasteiger partial charge in [0, 0.05) is 10.5 Å². The third kappa shape index (κ3) is 2.10. The molecule has 90 valence electrons. The molecule has 2 rings (SSSR count). The first-order chi connectivity index (χ1) is 7.91. The lowest BCUT2D eigenvalue weighted by molar-refractivity contribution is -0.166. The number of rotatable bonds is 2. The normalized spacial score (nSPS) is 15.1. The number of halogens is 2. The zero-order valence-electron chi connectivity index (χ0n) is 8.37. The van der Waals surface area contributed by atoms with Crippen molar-refractivity contribution in [2.24, 2.45) is 0 Å². The molecule has 0 spiro atoms. The molecule has 0 atom stereocenters. The summed E-state index contributed by atoms with van der Waals surface area (Å²) in [5.74, 6) is -6.24. The molecule has 1 heterocycles. The van der Waals surface area contributed by atoms with E-state index in [1.807, 2.05) is 0 Å². The highest BCUT2D eigenvalue weighted by molar-refractivity contribution is 8.00. The van der Waals surface area contributed by atoms with E-state index in [0.29, 0.717) is 4.90 Å². The first-order valence-electron chi connectivity index (χ1n) is 4.59. The molecule has 0 saturated heterocycles. The number of amides is 1. The smallest absolute Gasteiger partial charge is 0.379 e. The Hall–Kier alpha value is -1.63. The van der Waals surface area contributed by atoms with Crippen LogP contribution in [0.25, 0.3) is 0 Å². The molecule has 17 heavy (non-hydrogen) atoms. The van der Waals surface area contributed by atoms with Crippen molar-refractivity contribution in [1.82, 2.24) is 0 Å². The number of benzene rings is 1. The third-order valence-electron chi connectivity index (χ3n) is 2.24. The fourth-order valence-corrected chi connectivity index (χ4v) is 2.19. The monoisotopic (exact) mass is 259 g/mol. The summed E-state index contributed by atoms with van der Waals surface area (Å²) in [4.78, 5) is 22.1. The summed E-state index contributed by atoms with van der Waals surface area (Å²) in [6, 6.07) is 3.43. The second-order valence-corrected chi connectivity index (χ2v) is 4.44. The fraction of sp³-hybridized carbons (Fsp3) is 0.200. The van der Waals surface area contributed by atoms with Gasteiger partial charge < -0.3 is 10.4 Å². The Kier molecular flexibility index (Phi) is 2.78. The van der Waals surface area contributed by atoms with E-state index < -0.39 is 17.5 Å². The molecule has 2 N–H and O–H groups in total. The van der Waals surface area contributed by atoms with Crippen molar-refractivity contribution in [3.8, 4) is 0 Å². The summed E-state index contributed by atoms with van der Waals surface area (Å²) in [6.07, 6.45) is 0. The molecule has 0 bridgehead atoms. The lowest BCUT2D eigenvalue weighted by atomic mass is 10.1. The van der Waals surface area contributed by atoms with Crippen LogP contribution in [0.1, 0.15) is 5.56 Å². The number of fused-ring (bicyclic) bond motifs is 1. The number of aliphatic carboxylic acids is 1. The number of nitrogens with one attached hydrogen (secondary N) is 1. The number of anilines is 1. The van der Waals surface area contributed by atoms with Crippen molar-refractivity contribution < 1.29 is 23.5 Å². The molecule has 1 aromatic carbocycles. The number of carboxylic acid groups (broad SMARTS) is 1. The SMILES string of the molecule is O=C1CSc2ccc(C(F)(F)C(=O)O)cc2N1. The number of carbonyl (C=O) groups is 2. The summed E-state index contributed by atoms with van der Waals surface area (Å²) in [5, 5.41) is 10.8. The van der Waals surface area contributed by atoms with Gasteiger partial charge >= 0.3 is 11.9 Å². The number of hydrogen-bond donors (Lipinski definition) is 2.